The fourth-order valence-electron chi connectivity index (χ4n) is 1.34. The van der Waals surface area contributed by atoms with Gasteiger partial charge in [-0.1, -0.05) is 30.4 Å². The van der Waals surface area contributed by atoms with E-state index in [1.54, 1.807) is 12.4 Å². The molecule has 0 atom stereocenters. The highest BCUT2D eigenvalue weighted by molar-refractivity contribution is 5.69. The van der Waals surface area contributed by atoms with Crippen LogP contribution in [0.3, 0.4) is 0 Å². The quantitative estimate of drug-likeness (QED) is 0.756. The Kier molecular flexibility index (Phi) is 3.10. The van der Waals surface area contributed by atoms with Gasteiger partial charge < -0.3 is 0 Å². The molecule has 76 valence electrons. The summed E-state index contributed by atoms with van der Waals surface area (Å²) in [7, 11) is 0. The lowest BCUT2D eigenvalue weighted by Gasteiger charge is -1.94. The molecule has 1 aromatic heterocycles. The number of benzene rings is 1. The molecule has 2 heteroatoms. The standard InChI is InChI=1S/C14H10N2/c15-10-13-6-3-12(4-7-13)5-8-14-2-1-9-16-11-14/h1-9,11H/b8-5+. The predicted molar refractivity (Wildman–Crippen MR) is 64.3 cm³/mol. The Balaban J connectivity index is 2.15. The van der Waals surface area contributed by atoms with E-state index >= 15 is 0 Å². The molecule has 0 spiro atoms. The first kappa shape index (κ1) is 10.1. The van der Waals surface area contributed by atoms with E-state index < -0.39 is 0 Å². The molecular formula is C14H10N2. The third kappa shape index (κ3) is 2.55. The summed E-state index contributed by atoms with van der Waals surface area (Å²) in [5.74, 6) is 0. The van der Waals surface area contributed by atoms with Gasteiger partial charge in [0.05, 0.1) is 11.6 Å². The van der Waals surface area contributed by atoms with E-state index in [-0.39, 0.29) is 0 Å². The van der Waals surface area contributed by atoms with Gasteiger partial charge in [-0.3, -0.25) is 4.98 Å². The zero-order chi connectivity index (χ0) is 11.2. The van der Waals surface area contributed by atoms with Crippen LogP contribution < -0.4 is 0 Å². The maximum atomic E-state index is 8.66. The van der Waals surface area contributed by atoms with Crippen molar-refractivity contribution in [3.05, 3.63) is 65.5 Å². The van der Waals surface area contributed by atoms with Crippen LogP contribution >= 0.6 is 0 Å². The van der Waals surface area contributed by atoms with Crippen LogP contribution in [0.4, 0.5) is 0 Å². The molecule has 0 N–H and O–H groups in total. The van der Waals surface area contributed by atoms with Crippen molar-refractivity contribution in [3.63, 3.8) is 0 Å². The van der Waals surface area contributed by atoms with Crippen molar-refractivity contribution in [2.75, 3.05) is 0 Å². The Hall–Kier alpha value is -2.40. The summed E-state index contributed by atoms with van der Waals surface area (Å²) >= 11 is 0. The summed E-state index contributed by atoms with van der Waals surface area (Å²) in [6.45, 7) is 0. The van der Waals surface area contributed by atoms with E-state index in [2.05, 4.69) is 11.1 Å². The number of hydrogen-bond donors (Lipinski definition) is 0. The van der Waals surface area contributed by atoms with Crippen LogP contribution in [-0.4, -0.2) is 4.98 Å². The van der Waals surface area contributed by atoms with E-state index in [1.165, 1.54) is 0 Å². The molecule has 0 aliphatic rings. The van der Waals surface area contributed by atoms with E-state index in [4.69, 9.17) is 5.26 Å². The van der Waals surface area contributed by atoms with Crippen molar-refractivity contribution in [3.8, 4) is 6.07 Å². The molecular weight excluding hydrogens is 196 g/mol. The van der Waals surface area contributed by atoms with Crippen molar-refractivity contribution < 1.29 is 0 Å². The van der Waals surface area contributed by atoms with Gasteiger partial charge in [0.15, 0.2) is 0 Å². The van der Waals surface area contributed by atoms with Crippen molar-refractivity contribution in [2.45, 2.75) is 0 Å². The normalized spacial score (nSPS) is 10.2. The number of aromatic nitrogens is 1. The molecule has 2 nitrogen and oxygen atoms in total. The highest BCUT2D eigenvalue weighted by Crippen LogP contribution is 2.08. The highest BCUT2D eigenvalue weighted by Gasteiger charge is 1.89. The number of nitrogens with zero attached hydrogens (tertiary/aromatic N) is 2. The summed E-state index contributed by atoms with van der Waals surface area (Å²) in [4.78, 5) is 4.03. The van der Waals surface area contributed by atoms with E-state index in [0.717, 1.165) is 11.1 Å². The van der Waals surface area contributed by atoms with Crippen molar-refractivity contribution in [1.82, 2.24) is 4.98 Å². The molecule has 0 radical (unpaired) electrons. The summed E-state index contributed by atoms with van der Waals surface area (Å²) < 4.78 is 0. The molecule has 0 saturated carbocycles. The van der Waals surface area contributed by atoms with Crippen LogP contribution in [0.1, 0.15) is 16.7 Å². The Morgan fingerprint density at radius 1 is 1.00 bits per heavy atom. The van der Waals surface area contributed by atoms with Gasteiger partial charge in [-0.2, -0.15) is 5.26 Å². The maximum Gasteiger partial charge on any atom is 0.0991 e. The van der Waals surface area contributed by atoms with Crippen LogP contribution in [0, 0.1) is 11.3 Å². The SMILES string of the molecule is N#Cc1ccc(/C=C/c2cccnc2)cc1. The van der Waals surface area contributed by atoms with Crippen LogP contribution in [0.2, 0.25) is 0 Å². The molecule has 0 amide bonds. The van der Waals surface area contributed by atoms with Crippen LogP contribution in [-0.2, 0) is 0 Å². The Morgan fingerprint density at radius 2 is 1.75 bits per heavy atom. The van der Waals surface area contributed by atoms with Gasteiger partial charge in [-0.05, 0) is 29.3 Å². The topological polar surface area (TPSA) is 36.7 Å². The fourth-order valence-corrected chi connectivity index (χ4v) is 1.34. The van der Waals surface area contributed by atoms with E-state index in [0.29, 0.717) is 5.56 Å². The van der Waals surface area contributed by atoms with Gasteiger partial charge in [0, 0.05) is 12.4 Å². The molecule has 0 aliphatic heterocycles. The second-order valence-corrected chi connectivity index (χ2v) is 3.35. The molecule has 0 unspecified atom stereocenters. The van der Waals surface area contributed by atoms with Gasteiger partial charge in [-0.25, -0.2) is 0 Å². The van der Waals surface area contributed by atoms with Gasteiger partial charge in [0.1, 0.15) is 0 Å². The number of nitriles is 1. The Labute approximate surface area is 94.5 Å². The van der Waals surface area contributed by atoms with Crippen molar-refractivity contribution >= 4 is 12.2 Å². The van der Waals surface area contributed by atoms with Crippen LogP contribution in [0.5, 0.6) is 0 Å². The summed E-state index contributed by atoms with van der Waals surface area (Å²) in [6, 6.07) is 13.4. The minimum absolute atomic E-state index is 0.679. The monoisotopic (exact) mass is 206 g/mol. The summed E-state index contributed by atoms with van der Waals surface area (Å²) in [5, 5.41) is 8.66. The van der Waals surface area contributed by atoms with Gasteiger partial charge >= 0.3 is 0 Å². The van der Waals surface area contributed by atoms with E-state index in [9.17, 15) is 0 Å². The zero-order valence-electron chi connectivity index (χ0n) is 8.67. The molecule has 2 aromatic rings. The third-order valence-electron chi connectivity index (χ3n) is 2.19. The molecule has 0 fully saturated rings. The van der Waals surface area contributed by atoms with Crippen LogP contribution in [0.15, 0.2) is 48.8 Å². The van der Waals surface area contributed by atoms with Crippen LogP contribution in [0.25, 0.3) is 12.2 Å². The molecule has 0 bridgehead atoms. The molecule has 16 heavy (non-hydrogen) atoms. The molecule has 0 aliphatic carbocycles. The first-order valence-electron chi connectivity index (χ1n) is 4.97. The lowest BCUT2D eigenvalue weighted by molar-refractivity contribution is 1.32. The predicted octanol–water partition coefficient (Wildman–Crippen LogP) is 3.12. The lowest BCUT2D eigenvalue weighted by Crippen LogP contribution is -1.76. The molecule has 1 heterocycles. The molecule has 1 aromatic carbocycles. The zero-order valence-corrected chi connectivity index (χ0v) is 8.67. The third-order valence-corrected chi connectivity index (χ3v) is 2.19. The number of hydrogen-bond acceptors (Lipinski definition) is 2. The second-order valence-electron chi connectivity index (χ2n) is 3.35. The van der Waals surface area contributed by atoms with Gasteiger partial charge in [-0.15, -0.1) is 0 Å². The smallest absolute Gasteiger partial charge is 0.0991 e. The first-order valence-corrected chi connectivity index (χ1v) is 4.97. The average molecular weight is 206 g/mol. The summed E-state index contributed by atoms with van der Waals surface area (Å²) in [6.07, 6.45) is 7.55. The second kappa shape index (κ2) is 4.90. The van der Waals surface area contributed by atoms with Crippen molar-refractivity contribution in [1.29, 1.82) is 5.26 Å². The number of pyridine rings is 1. The Morgan fingerprint density at radius 3 is 2.38 bits per heavy atom. The fraction of sp³-hybridized carbons (Fsp3) is 0. The van der Waals surface area contributed by atoms with Gasteiger partial charge in [0.25, 0.3) is 0 Å². The average Bonchev–Trinajstić information content (AvgIpc) is 2.38. The van der Waals surface area contributed by atoms with Gasteiger partial charge in [0.2, 0.25) is 0 Å². The minimum Gasteiger partial charge on any atom is -0.264 e. The largest absolute Gasteiger partial charge is 0.264 e. The van der Waals surface area contributed by atoms with E-state index in [1.807, 2.05) is 48.6 Å². The number of rotatable bonds is 2. The molecule has 2 rings (SSSR count). The van der Waals surface area contributed by atoms with Crippen molar-refractivity contribution in [2.24, 2.45) is 0 Å². The summed E-state index contributed by atoms with van der Waals surface area (Å²) in [5.41, 5.74) is 2.81. The minimum atomic E-state index is 0.679. The Bertz CT molecular complexity index is 519. The highest BCUT2D eigenvalue weighted by atomic mass is 14.6. The first-order chi connectivity index (χ1) is 7.88. The lowest BCUT2D eigenvalue weighted by atomic mass is 10.1. The molecule has 0 saturated heterocycles. The maximum absolute atomic E-state index is 8.66.